The highest BCUT2D eigenvalue weighted by atomic mass is 19.1. The molecule has 1 aromatic heterocycles. The van der Waals surface area contributed by atoms with Gasteiger partial charge in [0.25, 0.3) is 5.91 Å². The third kappa shape index (κ3) is 3.61. The number of carbonyl (C=O) groups excluding carboxylic acids is 1. The Kier molecular flexibility index (Phi) is 3.99. The summed E-state index contributed by atoms with van der Waals surface area (Å²) in [6.45, 7) is 5.96. The van der Waals surface area contributed by atoms with Crippen LogP contribution in [0.3, 0.4) is 0 Å². The predicted octanol–water partition coefficient (Wildman–Crippen LogP) is 2.53. The Labute approximate surface area is 95.1 Å². The maximum absolute atomic E-state index is 12.8. The van der Waals surface area contributed by atoms with Gasteiger partial charge in [-0.25, -0.2) is 4.98 Å². The predicted molar refractivity (Wildman–Crippen MR) is 60.6 cm³/mol. The number of nitrogens with zero attached hydrogens (tertiary/aromatic N) is 1. The molecule has 0 spiro atoms. The van der Waals surface area contributed by atoms with E-state index in [0.717, 1.165) is 18.9 Å². The molecule has 0 radical (unpaired) electrons. The van der Waals surface area contributed by atoms with Crippen LogP contribution in [-0.2, 0) is 0 Å². The third-order valence-corrected chi connectivity index (χ3v) is 2.32. The number of hydrogen-bond acceptors (Lipinski definition) is 2. The Morgan fingerprint density at radius 3 is 2.81 bits per heavy atom. The molecule has 0 atom stereocenters. The van der Waals surface area contributed by atoms with Crippen LogP contribution in [0.15, 0.2) is 18.3 Å². The molecule has 0 aromatic carbocycles. The number of amides is 1. The molecule has 0 aliphatic heterocycles. The summed E-state index contributed by atoms with van der Waals surface area (Å²) < 4.78 is 12.8. The van der Waals surface area contributed by atoms with Gasteiger partial charge in [-0.1, -0.05) is 13.3 Å². The van der Waals surface area contributed by atoms with Gasteiger partial charge in [-0.05, 0) is 26.3 Å². The molecule has 4 heteroatoms. The quantitative estimate of drug-likeness (QED) is 0.798. The Balaban J connectivity index is 2.72. The van der Waals surface area contributed by atoms with E-state index in [9.17, 15) is 9.18 Å². The molecule has 1 rings (SSSR count). The molecule has 0 saturated carbocycles. The van der Waals surface area contributed by atoms with Crippen LogP contribution in [0.25, 0.3) is 0 Å². The van der Waals surface area contributed by atoms with E-state index >= 15 is 0 Å². The van der Waals surface area contributed by atoms with Crippen LogP contribution in [0.1, 0.15) is 44.0 Å². The van der Waals surface area contributed by atoms with E-state index < -0.39 is 5.95 Å². The van der Waals surface area contributed by atoms with Gasteiger partial charge in [0, 0.05) is 23.4 Å². The molecular weight excluding hydrogens is 207 g/mol. The fourth-order valence-electron chi connectivity index (χ4n) is 1.61. The van der Waals surface area contributed by atoms with Crippen LogP contribution in [-0.4, -0.2) is 16.4 Å². The molecule has 1 N–H and O–H groups in total. The topological polar surface area (TPSA) is 42.0 Å². The summed E-state index contributed by atoms with van der Waals surface area (Å²) in [5.41, 5.74) is 0.0302. The largest absolute Gasteiger partial charge is 0.347 e. The first kappa shape index (κ1) is 12.6. The average molecular weight is 224 g/mol. The molecule has 0 saturated heterocycles. The molecule has 16 heavy (non-hydrogen) atoms. The summed E-state index contributed by atoms with van der Waals surface area (Å²) in [5.74, 6) is -0.902. The first-order valence-corrected chi connectivity index (χ1v) is 5.38. The van der Waals surface area contributed by atoms with E-state index in [2.05, 4.69) is 17.2 Å². The molecule has 0 bridgehead atoms. The number of pyridine rings is 1. The van der Waals surface area contributed by atoms with Crippen LogP contribution in [0.4, 0.5) is 4.39 Å². The van der Waals surface area contributed by atoms with Crippen molar-refractivity contribution in [3.8, 4) is 0 Å². The lowest BCUT2D eigenvalue weighted by Gasteiger charge is -2.25. The van der Waals surface area contributed by atoms with Gasteiger partial charge in [0.15, 0.2) is 0 Å². The van der Waals surface area contributed by atoms with Gasteiger partial charge >= 0.3 is 0 Å². The van der Waals surface area contributed by atoms with E-state index in [1.807, 2.05) is 13.8 Å². The van der Waals surface area contributed by atoms with E-state index in [0.29, 0.717) is 5.56 Å². The monoisotopic (exact) mass is 224 g/mol. The molecule has 1 heterocycles. The zero-order chi connectivity index (χ0) is 12.2. The molecule has 0 fully saturated rings. The number of carbonyl (C=O) groups is 1. The second-order valence-electron chi connectivity index (χ2n) is 4.46. The average Bonchev–Trinajstić information content (AvgIpc) is 2.16. The van der Waals surface area contributed by atoms with Gasteiger partial charge in [-0.3, -0.25) is 4.79 Å². The molecule has 3 nitrogen and oxygen atoms in total. The summed E-state index contributed by atoms with van der Waals surface area (Å²) in [6.07, 6.45) is 3.15. The highest BCUT2D eigenvalue weighted by Crippen LogP contribution is 2.12. The van der Waals surface area contributed by atoms with Gasteiger partial charge in [0.1, 0.15) is 0 Å². The third-order valence-electron chi connectivity index (χ3n) is 2.32. The van der Waals surface area contributed by atoms with Crippen molar-refractivity contribution in [2.75, 3.05) is 0 Å². The van der Waals surface area contributed by atoms with Crippen molar-refractivity contribution >= 4 is 5.91 Å². The number of rotatable bonds is 4. The van der Waals surface area contributed by atoms with Crippen molar-refractivity contribution in [2.45, 2.75) is 39.2 Å². The fourth-order valence-corrected chi connectivity index (χ4v) is 1.61. The summed E-state index contributed by atoms with van der Waals surface area (Å²) in [7, 11) is 0. The van der Waals surface area contributed by atoms with E-state index in [4.69, 9.17) is 0 Å². The van der Waals surface area contributed by atoms with Crippen LogP contribution >= 0.6 is 0 Å². The standard InChI is InChI=1S/C12H17FN2O/c1-4-6-12(2,3)15-11(16)9-5-7-14-10(13)8-9/h5,7-8H,4,6H2,1-3H3,(H,15,16). The van der Waals surface area contributed by atoms with Crippen LogP contribution < -0.4 is 5.32 Å². The zero-order valence-electron chi connectivity index (χ0n) is 9.88. The molecule has 88 valence electrons. The maximum atomic E-state index is 12.8. The summed E-state index contributed by atoms with van der Waals surface area (Å²) in [5, 5.41) is 2.87. The Morgan fingerprint density at radius 1 is 1.56 bits per heavy atom. The molecule has 1 amide bonds. The Morgan fingerprint density at radius 2 is 2.25 bits per heavy atom. The van der Waals surface area contributed by atoms with Crippen LogP contribution in [0.2, 0.25) is 0 Å². The molecule has 1 aromatic rings. The van der Waals surface area contributed by atoms with Crippen molar-refractivity contribution in [2.24, 2.45) is 0 Å². The van der Waals surface area contributed by atoms with E-state index in [1.54, 1.807) is 0 Å². The number of nitrogens with one attached hydrogen (secondary N) is 1. The van der Waals surface area contributed by atoms with Gasteiger partial charge in [-0.15, -0.1) is 0 Å². The minimum atomic E-state index is -0.638. The van der Waals surface area contributed by atoms with E-state index in [1.165, 1.54) is 12.3 Å². The second kappa shape index (κ2) is 5.05. The zero-order valence-corrected chi connectivity index (χ0v) is 9.88. The highest BCUT2D eigenvalue weighted by Gasteiger charge is 2.20. The summed E-state index contributed by atoms with van der Waals surface area (Å²) in [6, 6.07) is 2.64. The molecule has 0 aliphatic carbocycles. The lowest BCUT2D eigenvalue weighted by Crippen LogP contribution is -2.43. The second-order valence-corrected chi connectivity index (χ2v) is 4.46. The lowest BCUT2D eigenvalue weighted by atomic mass is 9.98. The van der Waals surface area contributed by atoms with Crippen molar-refractivity contribution in [3.05, 3.63) is 29.8 Å². The van der Waals surface area contributed by atoms with Crippen molar-refractivity contribution in [1.82, 2.24) is 10.3 Å². The van der Waals surface area contributed by atoms with Crippen molar-refractivity contribution in [1.29, 1.82) is 0 Å². The fraction of sp³-hybridized carbons (Fsp3) is 0.500. The Bertz CT molecular complexity index is 377. The minimum absolute atomic E-state index is 0.264. The molecule has 0 aliphatic rings. The summed E-state index contributed by atoms with van der Waals surface area (Å²) in [4.78, 5) is 15.2. The van der Waals surface area contributed by atoms with Gasteiger partial charge in [-0.2, -0.15) is 4.39 Å². The highest BCUT2D eigenvalue weighted by molar-refractivity contribution is 5.94. The van der Waals surface area contributed by atoms with Gasteiger partial charge < -0.3 is 5.32 Å². The normalized spacial score (nSPS) is 11.2. The van der Waals surface area contributed by atoms with Crippen molar-refractivity contribution < 1.29 is 9.18 Å². The Hall–Kier alpha value is -1.45. The van der Waals surface area contributed by atoms with Gasteiger partial charge in [0.05, 0.1) is 0 Å². The lowest BCUT2D eigenvalue weighted by molar-refractivity contribution is 0.0908. The molecular formula is C12H17FN2O. The first-order chi connectivity index (χ1) is 7.44. The van der Waals surface area contributed by atoms with Crippen molar-refractivity contribution in [3.63, 3.8) is 0 Å². The van der Waals surface area contributed by atoms with Gasteiger partial charge in [0.2, 0.25) is 5.95 Å². The minimum Gasteiger partial charge on any atom is -0.347 e. The van der Waals surface area contributed by atoms with E-state index in [-0.39, 0.29) is 11.4 Å². The maximum Gasteiger partial charge on any atom is 0.251 e. The smallest absolute Gasteiger partial charge is 0.251 e. The summed E-state index contributed by atoms with van der Waals surface area (Å²) >= 11 is 0. The number of aromatic nitrogens is 1. The van der Waals surface area contributed by atoms with Crippen LogP contribution in [0.5, 0.6) is 0 Å². The number of halogens is 1. The van der Waals surface area contributed by atoms with Crippen LogP contribution in [0, 0.1) is 5.95 Å². The molecule has 0 unspecified atom stereocenters. The number of hydrogen-bond donors (Lipinski definition) is 1. The SMILES string of the molecule is CCCC(C)(C)NC(=O)c1ccnc(F)c1. The first-order valence-electron chi connectivity index (χ1n) is 5.38.